The van der Waals surface area contributed by atoms with Gasteiger partial charge in [-0.05, 0) is 18.6 Å². The molecule has 1 fully saturated rings. The summed E-state index contributed by atoms with van der Waals surface area (Å²) in [4.78, 5) is 11.7. The maximum Gasteiger partial charge on any atom is 0.451 e. The third-order valence-electron chi connectivity index (χ3n) is 4.47. The topological polar surface area (TPSA) is 81.7 Å². The monoisotopic (exact) mass is 348 g/mol. The molecule has 2 atom stereocenters. The molecular formula is C16H15F3N6. The largest absolute Gasteiger partial charge is 0.451 e. The lowest BCUT2D eigenvalue weighted by atomic mass is 10.2. The van der Waals surface area contributed by atoms with E-state index in [1.807, 2.05) is 35.9 Å². The van der Waals surface area contributed by atoms with Crippen molar-refractivity contribution in [2.75, 3.05) is 5.43 Å². The molecule has 3 N–H and O–H groups in total. The molecule has 0 unspecified atom stereocenters. The maximum absolute atomic E-state index is 13.0. The molecule has 0 aliphatic heterocycles. The highest BCUT2D eigenvalue weighted by atomic mass is 19.4. The van der Waals surface area contributed by atoms with Crippen LogP contribution in [0.2, 0.25) is 0 Å². The van der Waals surface area contributed by atoms with Crippen molar-refractivity contribution in [1.82, 2.24) is 19.5 Å². The molecule has 0 bridgehead atoms. The van der Waals surface area contributed by atoms with Gasteiger partial charge in [0.25, 0.3) is 0 Å². The Labute approximate surface area is 140 Å². The summed E-state index contributed by atoms with van der Waals surface area (Å²) in [6.45, 7) is 0. The molecule has 1 saturated carbocycles. The Hall–Kier alpha value is -2.68. The number of para-hydroxylation sites is 2. The molecule has 0 amide bonds. The minimum absolute atomic E-state index is 0.0269. The SMILES string of the molecule is Cn1c([C@@H]2C[C@H]2c2cc(NN)nc(C(F)(F)F)n2)nc2ccccc21. The van der Waals surface area contributed by atoms with E-state index in [1.165, 1.54) is 6.07 Å². The smallest absolute Gasteiger partial charge is 0.331 e. The molecule has 4 rings (SSSR count). The van der Waals surface area contributed by atoms with Gasteiger partial charge in [-0.3, -0.25) is 0 Å². The van der Waals surface area contributed by atoms with Crippen molar-refractivity contribution in [1.29, 1.82) is 0 Å². The van der Waals surface area contributed by atoms with Gasteiger partial charge in [0.1, 0.15) is 11.6 Å². The molecule has 0 spiro atoms. The molecular weight excluding hydrogens is 333 g/mol. The average molecular weight is 348 g/mol. The second-order valence-corrected chi connectivity index (χ2v) is 6.11. The highest BCUT2D eigenvalue weighted by Crippen LogP contribution is 2.54. The molecule has 1 aromatic carbocycles. The van der Waals surface area contributed by atoms with Gasteiger partial charge >= 0.3 is 6.18 Å². The van der Waals surface area contributed by atoms with E-state index >= 15 is 0 Å². The van der Waals surface area contributed by atoms with Gasteiger partial charge in [0.05, 0.1) is 16.7 Å². The van der Waals surface area contributed by atoms with Crippen LogP contribution in [0.1, 0.15) is 35.6 Å². The number of fused-ring (bicyclic) bond motifs is 1. The van der Waals surface area contributed by atoms with E-state index in [0.29, 0.717) is 12.1 Å². The number of hydrazine groups is 1. The van der Waals surface area contributed by atoms with Crippen molar-refractivity contribution in [2.45, 2.75) is 24.4 Å². The highest BCUT2D eigenvalue weighted by molar-refractivity contribution is 5.76. The molecule has 3 aromatic rings. The lowest BCUT2D eigenvalue weighted by molar-refractivity contribution is -0.145. The van der Waals surface area contributed by atoms with Crippen LogP contribution in [0.4, 0.5) is 19.0 Å². The normalized spacial score (nSPS) is 20.0. The van der Waals surface area contributed by atoms with Crippen molar-refractivity contribution in [3.63, 3.8) is 0 Å². The third-order valence-corrected chi connectivity index (χ3v) is 4.47. The van der Waals surface area contributed by atoms with E-state index in [2.05, 4.69) is 20.4 Å². The molecule has 1 aliphatic carbocycles. The fraction of sp³-hybridized carbons (Fsp3) is 0.312. The van der Waals surface area contributed by atoms with Crippen LogP contribution in [0.25, 0.3) is 11.0 Å². The summed E-state index contributed by atoms with van der Waals surface area (Å²) in [5, 5.41) is 0. The van der Waals surface area contributed by atoms with Gasteiger partial charge in [0, 0.05) is 24.9 Å². The summed E-state index contributed by atoms with van der Waals surface area (Å²) in [6.07, 6.45) is -3.93. The van der Waals surface area contributed by atoms with Gasteiger partial charge in [-0.1, -0.05) is 12.1 Å². The van der Waals surface area contributed by atoms with E-state index in [1.54, 1.807) is 0 Å². The van der Waals surface area contributed by atoms with Gasteiger partial charge in [-0.15, -0.1) is 0 Å². The van der Waals surface area contributed by atoms with Gasteiger partial charge in [-0.25, -0.2) is 20.8 Å². The van der Waals surface area contributed by atoms with E-state index in [9.17, 15) is 13.2 Å². The molecule has 130 valence electrons. The predicted octanol–water partition coefficient (Wildman–Crippen LogP) is 2.94. The number of halogens is 3. The second-order valence-electron chi connectivity index (χ2n) is 6.11. The van der Waals surface area contributed by atoms with Gasteiger partial charge < -0.3 is 9.99 Å². The number of hydrogen-bond donors (Lipinski definition) is 2. The number of anilines is 1. The minimum Gasteiger partial charge on any atom is -0.331 e. The standard InChI is InChI=1S/C16H15F3N6/c1-25-12-5-3-2-4-10(12)21-14(25)9-6-8(9)11-7-13(24-20)23-15(22-11)16(17,18)19/h2-5,7-9H,6,20H2,1H3,(H,22,23,24)/t8-,9-/m1/s1. The third kappa shape index (κ3) is 2.70. The second kappa shape index (κ2) is 5.41. The number of benzene rings is 1. The summed E-state index contributed by atoms with van der Waals surface area (Å²) in [7, 11) is 1.91. The zero-order chi connectivity index (χ0) is 17.8. The fourth-order valence-corrected chi connectivity index (χ4v) is 3.16. The molecule has 1 aliphatic rings. The Balaban J connectivity index is 1.69. The first-order valence-electron chi connectivity index (χ1n) is 7.72. The lowest BCUT2D eigenvalue weighted by Crippen LogP contribution is -2.17. The first kappa shape index (κ1) is 15.8. The van der Waals surface area contributed by atoms with Crippen molar-refractivity contribution < 1.29 is 13.2 Å². The molecule has 0 radical (unpaired) electrons. The van der Waals surface area contributed by atoms with E-state index in [-0.39, 0.29) is 17.7 Å². The number of nitrogens with one attached hydrogen (secondary N) is 1. The molecule has 0 saturated heterocycles. The van der Waals surface area contributed by atoms with Crippen molar-refractivity contribution in [3.8, 4) is 0 Å². The van der Waals surface area contributed by atoms with Crippen molar-refractivity contribution in [2.24, 2.45) is 12.9 Å². The van der Waals surface area contributed by atoms with Crippen LogP contribution in [-0.2, 0) is 13.2 Å². The summed E-state index contributed by atoms with van der Waals surface area (Å²) in [5.74, 6) is 4.76. The molecule has 2 aromatic heterocycles. The fourth-order valence-electron chi connectivity index (χ4n) is 3.16. The van der Waals surface area contributed by atoms with E-state index < -0.39 is 12.0 Å². The van der Waals surface area contributed by atoms with E-state index in [4.69, 9.17) is 5.84 Å². The summed E-state index contributed by atoms with van der Waals surface area (Å²) < 4.78 is 40.9. The number of hydrogen-bond acceptors (Lipinski definition) is 5. The molecule has 6 nitrogen and oxygen atoms in total. The number of nitrogen functional groups attached to an aromatic ring is 1. The summed E-state index contributed by atoms with van der Waals surface area (Å²) in [5.41, 5.74) is 4.37. The van der Waals surface area contributed by atoms with Crippen molar-refractivity contribution in [3.05, 3.63) is 47.7 Å². The van der Waals surface area contributed by atoms with Crippen LogP contribution >= 0.6 is 0 Å². The maximum atomic E-state index is 13.0. The Morgan fingerprint density at radius 3 is 2.60 bits per heavy atom. The number of aryl methyl sites for hydroxylation is 1. The first-order valence-corrected chi connectivity index (χ1v) is 7.72. The number of imidazole rings is 1. The quantitative estimate of drug-likeness (QED) is 0.562. The Morgan fingerprint density at radius 1 is 1.16 bits per heavy atom. The predicted molar refractivity (Wildman–Crippen MR) is 85.7 cm³/mol. The Kier molecular flexibility index (Phi) is 3.43. The highest BCUT2D eigenvalue weighted by Gasteiger charge is 2.45. The number of aromatic nitrogens is 4. The average Bonchev–Trinajstić information content (AvgIpc) is 3.32. The molecule has 9 heteroatoms. The zero-order valence-corrected chi connectivity index (χ0v) is 13.2. The summed E-state index contributed by atoms with van der Waals surface area (Å²) in [6, 6.07) is 9.17. The van der Waals surface area contributed by atoms with Gasteiger partial charge in [0.15, 0.2) is 0 Å². The van der Waals surface area contributed by atoms with Crippen molar-refractivity contribution >= 4 is 16.9 Å². The molecule has 2 heterocycles. The zero-order valence-electron chi connectivity index (χ0n) is 13.2. The van der Waals surface area contributed by atoms with Gasteiger partial charge in [0.2, 0.25) is 5.82 Å². The minimum atomic E-state index is -4.62. The molecule has 25 heavy (non-hydrogen) atoms. The lowest BCUT2D eigenvalue weighted by Gasteiger charge is -2.10. The van der Waals surface area contributed by atoms with E-state index in [0.717, 1.165) is 16.9 Å². The van der Waals surface area contributed by atoms with Crippen LogP contribution in [0.3, 0.4) is 0 Å². The number of nitrogens with zero attached hydrogens (tertiary/aromatic N) is 4. The Bertz CT molecular complexity index is 949. The number of alkyl halides is 3. The summed E-state index contributed by atoms with van der Waals surface area (Å²) >= 11 is 0. The van der Waals surface area contributed by atoms with Crippen LogP contribution < -0.4 is 11.3 Å². The number of rotatable bonds is 3. The van der Waals surface area contributed by atoms with Gasteiger partial charge in [-0.2, -0.15) is 13.2 Å². The Morgan fingerprint density at radius 2 is 1.92 bits per heavy atom. The first-order chi connectivity index (χ1) is 11.9. The van der Waals surface area contributed by atoms with Crippen LogP contribution in [0.5, 0.6) is 0 Å². The van der Waals surface area contributed by atoms with Crippen LogP contribution in [0, 0.1) is 0 Å². The van der Waals surface area contributed by atoms with Crippen LogP contribution in [0.15, 0.2) is 30.3 Å². The van der Waals surface area contributed by atoms with Crippen LogP contribution in [-0.4, -0.2) is 19.5 Å². The number of nitrogens with two attached hydrogens (primary N) is 1.